The van der Waals surface area contributed by atoms with E-state index in [1.165, 1.54) is 0 Å². The van der Waals surface area contributed by atoms with Crippen molar-refractivity contribution >= 4 is 17.5 Å². The third kappa shape index (κ3) is 4.02. The molecular formula is C21H24FN7O. The van der Waals surface area contributed by atoms with Crippen molar-refractivity contribution in [2.24, 2.45) is 7.05 Å². The number of carbonyl (C=O) groups excluding carboxylic acids is 1. The summed E-state index contributed by atoms with van der Waals surface area (Å²) >= 11 is 0. The number of aryl methyl sites for hydroxylation is 1. The van der Waals surface area contributed by atoms with E-state index >= 15 is 0 Å². The number of rotatable bonds is 4. The van der Waals surface area contributed by atoms with Gasteiger partial charge < -0.3 is 19.7 Å². The third-order valence-electron chi connectivity index (χ3n) is 5.39. The van der Waals surface area contributed by atoms with E-state index in [1.54, 1.807) is 35.0 Å². The van der Waals surface area contributed by atoms with Crippen LogP contribution in [-0.2, 0) is 7.05 Å². The van der Waals surface area contributed by atoms with Gasteiger partial charge in [-0.1, -0.05) is 0 Å². The van der Waals surface area contributed by atoms with Gasteiger partial charge in [0.1, 0.15) is 11.5 Å². The minimum atomic E-state index is -0.517. The van der Waals surface area contributed by atoms with Gasteiger partial charge in [0.25, 0.3) is 5.91 Å². The number of amides is 1. The molecule has 4 rings (SSSR count). The Labute approximate surface area is 174 Å². The summed E-state index contributed by atoms with van der Waals surface area (Å²) in [5.41, 5.74) is 2.10. The summed E-state index contributed by atoms with van der Waals surface area (Å²) in [4.78, 5) is 29.3. The van der Waals surface area contributed by atoms with Gasteiger partial charge in [-0.3, -0.25) is 4.79 Å². The van der Waals surface area contributed by atoms with Crippen molar-refractivity contribution in [1.29, 1.82) is 0 Å². The normalized spacial score (nSPS) is 14.7. The zero-order valence-electron chi connectivity index (χ0n) is 17.3. The zero-order chi connectivity index (χ0) is 21.3. The van der Waals surface area contributed by atoms with Gasteiger partial charge >= 0.3 is 0 Å². The molecule has 1 saturated heterocycles. The lowest BCUT2D eigenvalue weighted by molar-refractivity contribution is 0.0664. The second kappa shape index (κ2) is 8.19. The van der Waals surface area contributed by atoms with Crippen LogP contribution >= 0.6 is 0 Å². The second-order valence-corrected chi connectivity index (χ2v) is 7.44. The van der Waals surface area contributed by atoms with Crippen molar-refractivity contribution in [2.45, 2.75) is 6.92 Å². The summed E-state index contributed by atoms with van der Waals surface area (Å²) in [6.45, 7) is 5.06. The number of nitrogens with one attached hydrogen (secondary N) is 1. The van der Waals surface area contributed by atoms with Gasteiger partial charge in [-0.2, -0.15) is 0 Å². The van der Waals surface area contributed by atoms with Crippen molar-refractivity contribution in [1.82, 2.24) is 29.3 Å². The fourth-order valence-corrected chi connectivity index (χ4v) is 3.35. The first-order valence-corrected chi connectivity index (χ1v) is 9.78. The first-order valence-electron chi connectivity index (χ1n) is 9.78. The minimum absolute atomic E-state index is 0.0292. The van der Waals surface area contributed by atoms with Crippen LogP contribution in [-0.4, -0.2) is 68.5 Å². The maximum absolute atomic E-state index is 14.3. The molecule has 1 amide bonds. The molecule has 1 fully saturated rings. The molecule has 8 nitrogen and oxygen atoms in total. The standard InChI is InChI=1S/C21H24FN7O/c1-14-23-13-18(28(14)3)19-17(22)12-24-21(26-19)25-16-6-4-15(5-7-16)20(30)29-10-8-27(2)9-11-29/h4-7,12-13H,8-11H2,1-3H3,(H,24,25,26). The fraction of sp³-hybridized carbons (Fsp3) is 0.333. The van der Waals surface area contributed by atoms with Crippen LogP contribution in [0.15, 0.2) is 36.7 Å². The molecule has 0 unspecified atom stereocenters. The third-order valence-corrected chi connectivity index (χ3v) is 5.39. The van der Waals surface area contributed by atoms with Gasteiger partial charge in [-0.25, -0.2) is 19.3 Å². The van der Waals surface area contributed by atoms with Crippen LogP contribution < -0.4 is 5.32 Å². The molecule has 1 aliphatic rings. The molecule has 3 aromatic rings. The summed E-state index contributed by atoms with van der Waals surface area (Å²) in [7, 11) is 3.86. The number of imidazole rings is 1. The number of hydrogen-bond acceptors (Lipinski definition) is 6. The molecule has 1 N–H and O–H groups in total. The van der Waals surface area contributed by atoms with Crippen molar-refractivity contribution < 1.29 is 9.18 Å². The molecule has 0 aliphatic carbocycles. The van der Waals surface area contributed by atoms with Crippen LogP contribution in [0.25, 0.3) is 11.4 Å². The van der Waals surface area contributed by atoms with Crippen LogP contribution in [0.2, 0.25) is 0 Å². The molecule has 0 spiro atoms. The Balaban J connectivity index is 1.49. The predicted molar refractivity (Wildman–Crippen MR) is 112 cm³/mol. The van der Waals surface area contributed by atoms with E-state index in [2.05, 4.69) is 32.2 Å². The van der Waals surface area contributed by atoms with Gasteiger partial charge in [0.2, 0.25) is 5.95 Å². The molecular weight excluding hydrogens is 385 g/mol. The van der Waals surface area contributed by atoms with E-state index in [9.17, 15) is 9.18 Å². The number of benzene rings is 1. The van der Waals surface area contributed by atoms with Gasteiger partial charge in [-0.05, 0) is 38.2 Å². The number of hydrogen-bond donors (Lipinski definition) is 1. The molecule has 0 atom stereocenters. The lowest BCUT2D eigenvalue weighted by Gasteiger charge is -2.32. The molecule has 30 heavy (non-hydrogen) atoms. The summed E-state index contributed by atoms with van der Waals surface area (Å²) < 4.78 is 16.1. The smallest absolute Gasteiger partial charge is 0.253 e. The molecule has 9 heteroatoms. The topological polar surface area (TPSA) is 79.2 Å². The lowest BCUT2D eigenvalue weighted by Crippen LogP contribution is -2.47. The quantitative estimate of drug-likeness (QED) is 0.713. The van der Waals surface area contributed by atoms with Gasteiger partial charge in [-0.15, -0.1) is 0 Å². The van der Waals surface area contributed by atoms with Gasteiger partial charge in [0, 0.05) is 44.5 Å². The molecule has 0 saturated carbocycles. The number of aromatic nitrogens is 4. The average molecular weight is 409 g/mol. The van der Waals surface area contributed by atoms with Crippen LogP contribution in [0.5, 0.6) is 0 Å². The highest BCUT2D eigenvalue weighted by Crippen LogP contribution is 2.23. The maximum Gasteiger partial charge on any atom is 0.253 e. The lowest BCUT2D eigenvalue weighted by atomic mass is 10.1. The average Bonchev–Trinajstić information content (AvgIpc) is 3.08. The molecule has 1 aliphatic heterocycles. The van der Waals surface area contributed by atoms with E-state index in [1.807, 2.05) is 18.9 Å². The SMILES string of the molecule is Cc1ncc(-c2nc(Nc3ccc(C(=O)N4CCN(C)CC4)cc3)ncc2F)n1C. The maximum atomic E-state index is 14.3. The van der Waals surface area contributed by atoms with Crippen LogP contribution in [0.3, 0.4) is 0 Å². The molecule has 1 aromatic carbocycles. The van der Waals surface area contributed by atoms with E-state index in [-0.39, 0.29) is 17.5 Å². The minimum Gasteiger partial charge on any atom is -0.336 e. The van der Waals surface area contributed by atoms with Gasteiger partial charge in [0.15, 0.2) is 5.82 Å². The van der Waals surface area contributed by atoms with Crippen LogP contribution in [0, 0.1) is 12.7 Å². The van der Waals surface area contributed by atoms with Gasteiger partial charge in [0.05, 0.1) is 18.1 Å². The molecule has 0 radical (unpaired) electrons. The first-order chi connectivity index (χ1) is 14.4. The van der Waals surface area contributed by atoms with Crippen molar-refractivity contribution in [2.75, 3.05) is 38.5 Å². The van der Waals surface area contributed by atoms with Crippen LogP contribution in [0.1, 0.15) is 16.2 Å². The number of likely N-dealkylation sites (N-methyl/N-ethyl adjacent to an activating group) is 1. The Hall–Kier alpha value is -3.33. The Morgan fingerprint density at radius 3 is 2.37 bits per heavy atom. The highest BCUT2D eigenvalue weighted by Gasteiger charge is 2.20. The largest absolute Gasteiger partial charge is 0.336 e. The number of piperazine rings is 1. The zero-order valence-corrected chi connectivity index (χ0v) is 17.3. The number of nitrogens with zero attached hydrogens (tertiary/aromatic N) is 6. The first kappa shape index (κ1) is 20.0. The predicted octanol–water partition coefficient (Wildman–Crippen LogP) is 2.46. The Morgan fingerprint density at radius 1 is 1.03 bits per heavy atom. The second-order valence-electron chi connectivity index (χ2n) is 7.44. The van der Waals surface area contributed by atoms with E-state index in [0.717, 1.165) is 38.2 Å². The summed E-state index contributed by atoms with van der Waals surface area (Å²) in [5, 5.41) is 3.07. The van der Waals surface area contributed by atoms with Crippen molar-refractivity contribution in [3.8, 4) is 11.4 Å². The Bertz CT molecular complexity index is 1060. The van der Waals surface area contributed by atoms with E-state index < -0.39 is 5.82 Å². The highest BCUT2D eigenvalue weighted by molar-refractivity contribution is 5.94. The van der Waals surface area contributed by atoms with Crippen LogP contribution in [0.4, 0.5) is 16.0 Å². The summed E-state index contributed by atoms with van der Waals surface area (Å²) in [6, 6.07) is 7.14. The number of anilines is 2. The van der Waals surface area contributed by atoms with Crippen molar-refractivity contribution in [3.63, 3.8) is 0 Å². The number of halogens is 1. The number of carbonyl (C=O) groups is 1. The van der Waals surface area contributed by atoms with E-state index in [0.29, 0.717) is 16.9 Å². The summed E-state index contributed by atoms with van der Waals surface area (Å²) in [5.74, 6) is 0.541. The molecule has 2 aromatic heterocycles. The highest BCUT2D eigenvalue weighted by atomic mass is 19.1. The monoisotopic (exact) mass is 409 g/mol. The van der Waals surface area contributed by atoms with Crippen molar-refractivity contribution in [3.05, 3.63) is 53.9 Å². The molecule has 0 bridgehead atoms. The summed E-state index contributed by atoms with van der Waals surface area (Å²) in [6.07, 6.45) is 2.72. The molecule has 156 valence electrons. The Morgan fingerprint density at radius 2 is 1.73 bits per heavy atom. The fourth-order valence-electron chi connectivity index (χ4n) is 3.35. The van der Waals surface area contributed by atoms with E-state index in [4.69, 9.17) is 0 Å². The molecule has 3 heterocycles. The Kier molecular flexibility index (Phi) is 5.45.